The number of guanidine groups is 1. The van der Waals surface area contributed by atoms with E-state index in [2.05, 4.69) is 15.7 Å². The first-order valence-corrected chi connectivity index (χ1v) is 5.07. The fraction of sp³-hybridized carbons (Fsp3) is 0.667. The molecule has 1 aliphatic heterocycles. The Morgan fingerprint density at radius 1 is 1.56 bits per heavy atom. The maximum absolute atomic E-state index is 11.6. The average Bonchev–Trinajstić information content (AvgIpc) is 2.45. The van der Waals surface area contributed by atoms with Gasteiger partial charge < -0.3 is 5.32 Å². The molecule has 1 aliphatic rings. The second-order valence-corrected chi connectivity index (χ2v) is 3.93. The molecule has 0 radical (unpaired) electrons. The summed E-state index contributed by atoms with van der Waals surface area (Å²) in [7, 11) is 1.45. The van der Waals surface area contributed by atoms with Gasteiger partial charge in [0.15, 0.2) is 0 Å². The van der Waals surface area contributed by atoms with Gasteiger partial charge in [-0.15, -0.1) is 0 Å². The van der Waals surface area contributed by atoms with Crippen molar-refractivity contribution in [3.05, 3.63) is 0 Å². The normalized spacial score (nSPS) is 21.9. The number of likely N-dealkylation sites (tertiary alicyclic amines) is 1. The molecule has 7 heteroatoms. The molecule has 1 saturated heterocycles. The zero-order chi connectivity index (χ0) is 12.3. The number of nitrogens with one attached hydrogen (secondary N) is 2. The Hall–Kier alpha value is -1.63. The van der Waals surface area contributed by atoms with Crippen LogP contribution in [0.25, 0.3) is 0 Å². The lowest BCUT2D eigenvalue weighted by atomic mass is 10.2. The van der Waals surface area contributed by atoms with E-state index in [1.165, 1.54) is 7.05 Å². The number of imide groups is 1. The van der Waals surface area contributed by atoms with E-state index < -0.39 is 6.04 Å². The van der Waals surface area contributed by atoms with Crippen LogP contribution in [0.1, 0.15) is 20.3 Å². The number of likely N-dealkylation sites (N-methyl/N-ethyl adjacent to an activating group) is 1. The van der Waals surface area contributed by atoms with Gasteiger partial charge in [-0.2, -0.15) is 0 Å². The molecule has 1 heterocycles. The molecule has 0 aromatic rings. The van der Waals surface area contributed by atoms with Gasteiger partial charge in [0, 0.05) is 13.1 Å². The van der Waals surface area contributed by atoms with Crippen LogP contribution in [0.3, 0.4) is 0 Å². The van der Waals surface area contributed by atoms with E-state index in [0.717, 1.165) is 4.90 Å². The molecule has 16 heavy (non-hydrogen) atoms. The molecule has 2 amide bonds. The van der Waals surface area contributed by atoms with Crippen LogP contribution in [0.15, 0.2) is 4.99 Å². The molecular formula is C9H17N5O2. The Morgan fingerprint density at radius 2 is 2.19 bits per heavy atom. The smallest absolute Gasteiger partial charge is 0.254 e. The van der Waals surface area contributed by atoms with Crippen LogP contribution < -0.4 is 16.6 Å². The maximum atomic E-state index is 11.6. The van der Waals surface area contributed by atoms with E-state index in [9.17, 15) is 9.59 Å². The largest absolute Gasteiger partial charge is 0.353 e. The fourth-order valence-electron chi connectivity index (χ4n) is 1.38. The highest BCUT2D eigenvalue weighted by atomic mass is 16.2. The topological polar surface area (TPSA) is 99.8 Å². The van der Waals surface area contributed by atoms with Gasteiger partial charge in [0.25, 0.3) is 5.91 Å². The summed E-state index contributed by atoms with van der Waals surface area (Å²) in [5.41, 5.74) is 2.37. The number of carbonyl (C=O) groups excluding carboxylic acids is 2. The van der Waals surface area contributed by atoms with Crippen LogP contribution in [0.2, 0.25) is 0 Å². The summed E-state index contributed by atoms with van der Waals surface area (Å²) in [6.07, 6.45) is 0.0975. The first-order valence-electron chi connectivity index (χ1n) is 5.07. The third-order valence-corrected chi connectivity index (χ3v) is 2.20. The Labute approximate surface area is 94.0 Å². The molecule has 1 unspecified atom stereocenters. The summed E-state index contributed by atoms with van der Waals surface area (Å²) < 4.78 is 0. The van der Waals surface area contributed by atoms with E-state index in [4.69, 9.17) is 5.84 Å². The maximum Gasteiger partial charge on any atom is 0.254 e. The van der Waals surface area contributed by atoms with Gasteiger partial charge >= 0.3 is 0 Å². The molecule has 0 spiro atoms. The van der Waals surface area contributed by atoms with Crippen LogP contribution in [-0.4, -0.2) is 41.8 Å². The molecule has 0 bridgehead atoms. The van der Waals surface area contributed by atoms with Gasteiger partial charge in [-0.3, -0.25) is 19.9 Å². The number of nitrogens with zero attached hydrogens (tertiary/aromatic N) is 2. The lowest BCUT2D eigenvalue weighted by molar-refractivity contribution is -0.136. The van der Waals surface area contributed by atoms with Gasteiger partial charge in [-0.1, -0.05) is 0 Å². The number of amides is 2. The first-order chi connectivity index (χ1) is 7.45. The molecular weight excluding hydrogens is 210 g/mol. The molecule has 7 nitrogen and oxygen atoms in total. The van der Waals surface area contributed by atoms with Crippen LogP contribution in [0.5, 0.6) is 0 Å². The minimum atomic E-state index is -0.671. The average molecular weight is 227 g/mol. The third-order valence-electron chi connectivity index (χ3n) is 2.20. The lowest BCUT2D eigenvalue weighted by Crippen LogP contribution is -2.45. The first kappa shape index (κ1) is 12.4. The molecule has 0 aliphatic carbocycles. The highest BCUT2D eigenvalue weighted by Crippen LogP contribution is 2.13. The second-order valence-electron chi connectivity index (χ2n) is 3.93. The van der Waals surface area contributed by atoms with E-state index in [1.54, 1.807) is 0 Å². The molecule has 1 atom stereocenters. The van der Waals surface area contributed by atoms with Crippen molar-refractivity contribution >= 4 is 17.8 Å². The van der Waals surface area contributed by atoms with Crippen molar-refractivity contribution in [3.63, 3.8) is 0 Å². The van der Waals surface area contributed by atoms with Crippen molar-refractivity contribution in [2.75, 3.05) is 7.05 Å². The summed E-state index contributed by atoms with van der Waals surface area (Å²) in [5, 5.41) is 2.94. The number of nitrogens with two attached hydrogens (primary N) is 1. The molecule has 90 valence electrons. The Bertz CT molecular complexity index is 326. The molecule has 1 rings (SSSR count). The highest BCUT2D eigenvalue weighted by Gasteiger charge is 2.36. The number of carbonyl (C=O) groups is 2. The van der Waals surface area contributed by atoms with Gasteiger partial charge in [0.1, 0.15) is 6.04 Å². The number of hydrogen-bond donors (Lipinski definition) is 3. The van der Waals surface area contributed by atoms with E-state index >= 15 is 0 Å². The van der Waals surface area contributed by atoms with E-state index in [-0.39, 0.29) is 24.3 Å². The number of hydrazine groups is 1. The summed E-state index contributed by atoms with van der Waals surface area (Å²) in [6, 6.07) is -0.533. The number of aliphatic imine (C=N–C) groups is 1. The number of hydrogen-bond acceptors (Lipinski definition) is 4. The quantitative estimate of drug-likeness (QED) is 0.176. The SMILES string of the molecule is CC(C)NC(=NC1CC(=O)N(C)C1=O)NN. The third kappa shape index (κ3) is 2.69. The van der Waals surface area contributed by atoms with Gasteiger partial charge in [-0.05, 0) is 13.8 Å². The molecule has 0 saturated carbocycles. The van der Waals surface area contributed by atoms with Crippen molar-refractivity contribution in [2.24, 2.45) is 10.8 Å². The molecule has 0 aromatic carbocycles. The summed E-state index contributed by atoms with van der Waals surface area (Å²) >= 11 is 0. The predicted molar refractivity (Wildman–Crippen MR) is 59.2 cm³/mol. The van der Waals surface area contributed by atoms with Crippen LogP contribution >= 0.6 is 0 Å². The molecule has 4 N–H and O–H groups in total. The minimum absolute atomic E-state index is 0.0975. The predicted octanol–water partition coefficient (Wildman–Crippen LogP) is -1.44. The standard InChI is InChI=1S/C9H17N5O2/c1-5(2)11-9(13-10)12-6-4-7(15)14(3)8(6)16/h5-6H,4,10H2,1-3H3,(H2,11,12,13). The van der Waals surface area contributed by atoms with Gasteiger partial charge in [-0.25, -0.2) is 10.8 Å². The van der Waals surface area contributed by atoms with Gasteiger partial charge in [0.05, 0.1) is 6.42 Å². The highest BCUT2D eigenvalue weighted by molar-refractivity contribution is 6.06. The lowest BCUT2D eigenvalue weighted by Gasteiger charge is -2.13. The summed E-state index contributed by atoms with van der Waals surface area (Å²) in [4.78, 5) is 28.0. The minimum Gasteiger partial charge on any atom is -0.353 e. The zero-order valence-corrected chi connectivity index (χ0v) is 9.65. The van der Waals surface area contributed by atoms with Crippen molar-refractivity contribution < 1.29 is 9.59 Å². The molecule has 1 fully saturated rings. The fourth-order valence-corrected chi connectivity index (χ4v) is 1.38. The van der Waals surface area contributed by atoms with Crippen LogP contribution in [0.4, 0.5) is 0 Å². The van der Waals surface area contributed by atoms with E-state index in [1.807, 2.05) is 13.8 Å². The van der Waals surface area contributed by atoms with Gasteiger partial charge in [0.2, 0.25) is 11.9 Å². The second kappa shape index (κ2) is 4.93. The summed E-state index contributed by atoms with van der Waals surface area (Å²) in [6.45, 7) is 3.83. The van der Waals surface area contributed by atoms with Crippen LogP contribution in [0, 0.1) is 0 Å². The summed E-state index contributed by atoms with van der Waals surface area (Å²) in [5.74, 6) is 5.05. The van der Waals surface area contributed by atoms with Crippen LogP contribution in [-0.2, 0) is 9.59 Å². The van der Waals surface area contributed by atoms with Crippen molar-refractivity contribution in [1.82, 2.24) is 15.6 Å². The van der Waals surface area contributed by atoms with Crippen molar-refractivity contribution in [1.29, 1.82) is 0 Å². The molecule has 0 aromatic heterocycles. The number of rotatable bonds is 2. The Morgan fingerprint density at radius 3 is 2.56 bits per heavy atom. The zero-order valence-electron chi connectivity index (χ0n) is 9.65. The van der Waals surface area contributed by atoms with Crippen molar-refractivity contribution in [2.45, 2.75) is 32.4 Å². The Balaban J connectivity index is 2.74. The monoisotopic (exact) mass is 227 g/mol. The Kier molecular flexibility index (Phi) is 3.83. The van der Waals surface area contributed by atoms with E-state index in [0.29, 0.717) is 5.96 Å². The van der Waals surface area contributed by atoms with Crippen molar-refractivity contribution in [3.8, 4) is 0 Å².